The molecule has 3 nitrogen and oxygen atoms in total. The number of aromatic nitrogens is 1. The van der Waals surface area contributed by atoms with Crippen molar-refractivity contribution in [2.75, 3.05) is 6.61 Å². The van der Waals surface area contributed by atoms with Crippen molar-refractivity contribution in [3.8, 4) is 17.0 Å². The lowest BCUT2D eigenvalue weighted by molar-refractivity contribution is 0.112. The molecule has 0 bridgehead atoms. The molecule has 0 aliphatic rings. The van der Waals surface area contributed by atoms with Crippen LogP contribution >= 0.6 is 0 Å². The average Bonchev–Trinajstić information content (AvgIpc) is 2.40. The zero-order valence-corrected chi connectivity index (χ0v) is 9.59. The zero-order chi connectivity index (χ0) is 12.1. The van der Waals surface area contributed by atoms with Crippen LogP contribution in [0.5, 0.6) is 5.75 Å². The maximum atomic E-state index is 10.5. The van der Waals surface area contributed by atoms with Crippen LogP contribution in [0.1, 0.15) is 17.3 Å². The summed E-state index contributed by atoms with van der Waals surface area (Å²) in [5, 5.41) is 0. The second-order valence-electron chi connectivity index (χ2n) is 3.55. The third kappa shape index (κ3) is 2.69. The molecule has 0 unspecified atom stereocenters. The monoisotopic (exact) mass is 227 g/mol. The number of ether oxygens (including phenoxy) is 1. The number of hydrogen-bond acceptors (Lipinski definition) is 3. The van der Waals surface area contributed by atoms with Gasteiger partial charge in [-0.25, -0.2) is 0 Å². The van der Waals surface area contributed by atoms with Gasteiger partial charge in [-0.1, -0.05) is 0 Å². The molecule has 0 fully saturated rings. The summed E-state index contributed by atoms with van der Waals surface area (Å²) in [4.78, 5) is 14.7. The maximum absolute atomic E-state index is 10.5. The van der Waals surface area contributed by atoms with Crippen molar-refractivity contribution >= 4 is 6.29 Å². The number of carbonyl (C=O) groups excluding carboxylic acids is 1. The van der Waals surface area contributed by atoms with E-state index in [1.807, 2.05) is 37.3 Å². The third-order valence-electron chi connectivity index (χ3n) is 2.38. The minimum Gasteiger partial charge on any atom is -0.494 e. The van der Waals surface area contributed by atoms with E-state index in [-0.39, 0.29) is 0 Å². The average molecular weight is 227 g/mol. The number of benzene rings is 1. The molecule has 86 valence electrons. The first-order valence-electron chi connectivity index (χ1n) is 5.48. The molecule has 17 heavy (non-hydrogen) atoms. The fourth-order valence-electron chi connectivity index (χ4n) is 1.53. The Morgan fingerprint density at radius 1 is 1.18 bits per heavy atom. The quantitative estimate of drug-likeness (QED) is 0.754. The molecule has 0 amide bonds. The Labute approximate surface area is 100 Å². The van der Waals surface area contributed by atoms with Crippen LogP contribution in [0.3, 0.4) is 0 Å². The number of rotatable bonds is 4. The van der Waals surface area contributed by atoms with E-state index in [0.717, 1.165) is 23.3 Å². The Morgan fingerprint density at radius 2 is 1.94 bits per heavy atom. The van der Waals surface area contributed by atoms with Gasteiger partial charge in [0, 0.05) is 17.3 Å². The first kappa shape index (κ1) is 11.3. The largest absolute Gasteiger partial charge is 0.494 e. The lowest BCUT2D eigenvalue weighted by atomic mass is 10.1. The predicted octanol–water partition coefficient (Wildman–Crippen LogP) is 2.96. The number of aldehydes is 1. The zero-order valence-electron chi connectivity index (χ0n) is 9.59. The summed E-state index contributed by atoms with van der Waals surface area (Å²) in [6.45, 7) is 2.61. The summed E-state index contributed by atoms with van der Waals surface area (Å²) in [7, 11) is 0. The fourth-order valence-corrected chi connectivity index (χ4v) is 1.53. The molecular weight excluding hydrogens is 214 g/mol. The van der Waals surface area contributed by atoms with Gasteiger partial charge in [0.25, 0.3) is 0 Å². The minimum atomic E-state index is 0.583. The Hall–Kier alpha value is -2.16. The van der Waals surface area contributed by atoms with Crippen LogP contribution in [0.25, 0.3) is 11.3 Å². The maximum Gasteiger partial charge on any atom is 0.151 e. The van der Waals surface area contributed by atoms with Crippen molar-refractivity contribution in [1.29, 1.82) is 0 Å². The van der Waals surface area contributed by atoms with Crippen LogP contribution < -0.4 is 4.74 Å². The lowest BCUT2D eigenvalue weighted by Crippen LogP contribution is -1.91. The molecule has 1 aromatic heterocycles. The van der Waals surface area contributed by atoms with Crippen molar-refractivity contribution in [3.05, 3.63) is 48.2 Å². The summed E-state index contributed by atoms with van der Waals surface area (Å²) >= 11 is 0. The Morgan fingerprint density at radius 3 is 2.47 bits per heavy atom. The van der Waals surface area contributed by atoms with Crippen molar-refractivity contribution in [2.45, 2.75) is 6.92 Å². The molecule has 2 aromatic rings. The van der Waals surface area contributed by atoms with Crippen molar-refractivity contribution in [1.82, 2.24) is 4.98 Å². The Balaban J connectivity index is 2.23. The molecule has 1 heterocycles. The second-order valence-corrected chi connectivity index (χ2v) is 3.55. The molecular formula is C14H13NO2. The number of carbonyl (C=O) groups is 1. The smallest absolute Gasteiger partial charge is 0.151 e. The molecule has 0 N–H and O–H groups in total. The van der Waals surface area contributed by atoms with E-state index in [4.69, 9.17) is 4.74 Å². The van der Waals surface area contributed by atoms with E-state index in [1.54, 1.807) is 12.3 Å². The topological polar surface area (TPSA) is 39.2 Å². The summed E-state index contributed by atoms with van der Waals surface area (Å²) in [6.07, 6.45) is 2.35. The molecule has 0 atom stereocenters. The SMILES string of the molecule is CCOc1ccc(-c2ccc(C=O)cn2)cc1. The van der Waals surface area contributed by atoms with Gasteiger partial charge in [0.05, 0.1) is 12.3 Å². The van der Waals surface area contributed by atoms with E-state index in [1.165, 1.54) is 0 Å². The van der Waals surface area contributed by atoms with Crippen LogP contribution in [0.4, 0.5) is 0 Å². The van der Waals surface area contributed by atoms with Gasteiger partial charge < -0.3 is 4.74 Å². The highest BCUT2D eigenvalue weighted by molar-refractivity contribution is 5.75. The van der Waals surface area contributed by atoms with Crippen molar-refractivity contribution < 1.29 is 9.53 Å². The summed E-state index contributed by atoms with van der Waals surface area (Å²) in [5.41, 5.74) is 2.43. The molecule has 0 aliphatic heterocycles. The Kier molecular flexibility index (Phi) is 3.50. The van der Waals surface area contributed by atoms with Gasteiger partial charge >= 0.3 is 0 Å². The molecule has 3 heteroatoms. The number of hydrogen-bond donors (Lipinski definition) is 0. The molecule has 0 saturated carbocycles. The van der Waals surface area contributed by atoms with Gasteiger partial charge in [-0.2, -0.15) is 0 Å². The molecule has 0 spiro atoms. The third-order valence-corrected chi connectivity index (χ3v) is 2.38. The van der Waals surface area contributed by atoms with Gasteiger partial charge in [0.1, 0.15) is 5.75 Å². The minimum absolute atomic E-state index is 0.583. The van der Waals surface area contributed by atoms with Gasteiger partial charge in [-0.15, -0.1) is 0 Å². The summed E-state index contributed by atoms with van der Waals surface area (Å²) in [5.74, 6) is 0.848. The molecule has 0 saturated heterocycles. The normalized spacial score (nSPS) is 9.94. The van der Waals surface area contributed by atoms with Gasteiger partial charge in [0.15, 0.2) is 6.29 Å². The highest BCUT2D eigenvalue weighted by Gasteiger charge is 2.00. The Bertz CT molecular complexity index is 489. The molecule has 0 radical (unpaired) electrons. The van der Waals surface area contributed by atoms with Crippen LogP contribution in [-0.2, 0) is 0 Å². The van der Waals surface area contributed by atoms with Crippen LogP contribution in [0.15, 0.2) is 42.6 Å². The highest BCUT2D eigenvalue weighted by Crippen LogP contribution is 2.20. The summed E-state index contributed by atoms with van der Waals surface area (Å²) < 4.78 is 5.37. The van der Waals surface area contributed by atoms with Gasteiger partial charge in [0.2, 0.25) is 0 Å². The van der Waals surface area contributed by atoms with E-state index < -0.39 is 0 Å². The van der Waals surface area contributed by atoms with E-state index in [0.29, 0.717) is 12.2 Å². The number of nitrogens with zero attached hydrogens (tertiary/aromatic N) is 1. The number of pyridine rings is 1. The molecule has 1 aromatic carbocycles. The summed E-state index contributed by atoms with van der Waals surface area (Å²) in [6, 6.07) is 11.3. The predicted molar refractivity (Wildman–Crippen MR) is 66.2 cm³/mol. The fraction of sp³-hybridized carbons (Fsp3) is 0.143. The first-order valence-corrected chi connectivity index (χ1v) is 5.48. The van der Waals surface area contributed by atoms with Crippen LogP contribution in [0, 0.1) is 0 Å². The van der Waals surface area contributed by atoms with Crippen molar-refractivity contribution in [2.24, 2.45) is 0 Å². The highest BCUT2D eigenvalue weighted by atomic mass is 16.5. The van der Waals surface area contributed by atoms with Crippen LogP contribution in [-0.4, -0.2) is 17.9 Å². The standard InChI is InChI=1S/C14H13NO2/c1-2-17-13-6-4-12(5-7-13)14-8-3-11(10-16)9-15-14/h3-10H,2H2,1H3. The second kappa shape index (κ2) is 5.25. The first-order chi connectivity index (χ1) is 8.33. The van der Waals surface area contributed by atoms with Crippen LogP contribution in [0.2, 0.25) is 0 Å². The van der Waals surface area contributed by atoms with Gasteiger partial charge in [-0.05, 0) is 43.3 Å². The molecule has 2 rings (SSSR count). The van der Waals surface area contributed by atoms with E-state index in [2.05, 4.69) is 4.98 Å². The lowest BCUT2D eigenvalue weighted by Gasteiger charge is -2.04. The van der Waals surface area contributed by atoms with E-state index in [9.17, 15) is 4.79 Å². The molecule has 0 aliphatic carbocycles. The van der Waals surface area contributed by atoms with E-state index >= 15 is 0 Å². The van der Waals surface area contributed by atoms with Gasteiger partial charge in [-0.3, -0.25) is 9.78 Å². The van der Waals surface area contributed by atoms with Crippen molar-refractivity contribution in [3.63, 3.8) is 0 Å².